The zero-order valence-electron chi connectivity index (χ0n) is 24.8. The van der Waals surface area contributed by atoms with E-state index in [2.05, 4.69) is 31.9 Å². The molecule has 0 fully saturated rings. The van der Waals surface area contributed by atoms with Crippen LogP contribution in [0.25, 0.3) is 0 Å². The number of rotatable bonds is 12. The van der Waals surface area contributed by atoms with Crippen LogP contribution < -0.4 is 20.7 Å². The Morgan fingerprint density at radius 2 is 1.50 bits per heavy atom. The van der Waals surface area contributed by atoms with Gasteiger partial charge in [-0.1, -0.05) is 72.2 Å². The molecule has 0 aliphatic heterocycles. The number of hydrogen-bond donors (Lipinski definition) is 3. The van der Waals surface area contributed by atoms with Crippen LogP contribution in [0, 0.1) is 5.92 Å². The lowest BCUT2D eigenvalue weighted by Gasteiger charge is -2.27. The maximum Gasteiger partial charge on any atom is 0.329 e. The van der Waals surface area contributed by atoms with Crippen molar-refractivity contribution in [2.24, 2.45) is 5.92 Å². The van der Waals surface area contributed by atoms with E-state index in [0.717, 1.165) is 21.3 Å². The van der Waals surface area contributed by atoms with Crippen molar-refractivity contribution in [1.29, 1.82) is 0 Å². The fraction of sp³-hybridized carbons (Fsp3) is 0.364. The first-order chi connectivity index (χ1) is 19.9. The number of esters is 1. The SMILES string of the molecule is CC(C)C[C@H](NC(=S)Nc1ccc(Br)cc1)C(=O)N[C@@H](Cc1ccc(OCc2ccccc2)cc1)C(=O)OC(C)(C)C. The number of carbonyl (C=O) groups excluding carboxylic acids is 2. The maximum atomic E-state index is 13.6. The lowest BCUT2D eigenvalue weighted by molar-refractivity contribution is -0.158. The molecule has 0 aromatic heterocycles. The average molecular weight is 655 g/mol. The van der Waals surface area contributed by atoms with E-state index in [0.29, 0.717) is 23.9 Å². The summed E-state index contributed by atoms with van der Waals surface area (Å²) >= 11 is 8.93. The molecule has 9 heteroatoms. The van der Waals surface area contributed by atoms with Gasteiger partial charge in [0, 0.05) is 16.6 Å². The third-order valence-corrected chi connectivity index (χ3v) is 6.80. The highest BCUT2D eigenvalue weighted by Gasteiger charge is 2.30. The first-order valence-electron chi connectivity index (χ1n) is 14.0. The van der Waals surface area contributed by atoms with Gasteiger partial charge in [-0.05, 0) is 92.9 Å². The summed E-state index contributed by atoms with van der Waals surface area (Å²) in [7, 11) is 0. The normalized spacial score (nSPS) is 12.6. The fourth-order valence-electron chi connectivity index (χ4n) is 4.10. The van der Waals surface area contributed by atoms with Crippen LogP contribution in [0.3, 0.4) is 0 Å². The van der Waals surface area contributed by atoms with Gasteiger partial charge in [-0.2, -0.15) is 0 Å². The molecule has 0 radical (unpaired) electrons. The van der Waals surface area contributed by atoms with E-state index in [1.54, 1.807) is 20.8 Å². The van der Waals surface area contributed by atoms with Gasteiger partial charge >= 0.3 is 5.97 Å². The molecule has 0 unspecified atom stereocenters. The summed E-state index contributed by atoms with van der Waals surface area (Å²) in [6.07, 6.45) is 0.776. The second kappa shape index (κ2) is 15.7. The minimum atomic E-state index is -0.891. The highest BCUT2D eigenvalue weighted by Crippen LogP contribution is 2.18. The van der Waals surface area contributed by atoms with Crippen LogP contribution in [-0.2, 0) is 27.4 Å². The molecule has 0 saturated heterocycles. The third kappa shape index (κ3) is 11.8. The molecular weight excluding hydrogens is 614 g/mol. The van der Waals surface area contributed by atoms with Gasteiger partial charge in [0.05, 0.1) is 0 Å². The summed E-state index contributed by atoms with van der Waals surface area (Å²) in [5, 5.41) is 9.50. The number of nitrogens with one attached hydrogen (secondary N) is 3. The van der Waals surface area contributed by atoms with Crippen LogP contribution in [0.15, 0.2) is 83.3 Å². The van der Waals surface area contributed by atoms with E-state index < -0.39 is 23.7 Å². The van der Waals surface area contributed by atoms with E-state index in [1.165, 1.54) is 0 Å². The Kier molecular flexibility index (Phi) is 12.4. The Morgan fingerprint density at radius 3 is 2.10 bits per heavy atom. The Bertz CT molecular complexity index is 1310. The van der Waals surface area contributed by atoms with E-state index in [9.17, 15) is 9.59 Å². The van der Waals surface area contributed by atoms with Crippen LogP contribution in [0.1, 0.15) is 52.2 Å². The monoisotopic (exact) mass is 653 g/mol. The van der Waals surface area contributed by atoms with Crippen molar-refractivity contribution in [2.75, 3.05) is 5.32 Å². The fourth-order valence-corrected chi connectivity index (χ4v) is 4.62. The molecule has 3 aromatic rings. The van der Waals surface area contributed by atoms with Gasteiger partial charge < -0.3 is 25.4 Å². The molecular formula is C33H40BrN3O4S. The molecule has 3 aromatic carbocycles. The summed E-state index contributed by atoms with van der Waals surface area (Å²) in [6.45, 7) is 9.92. The molecule has 7 nitrogen and oxygen atoms in total. The van der Waals surface area contributed by atoms with Crippen molar-refractivity contribution in [3.8, 4) is 5.75 Å². The Morgan fingerprint density at radius 1 is 0.857 bits per heavy atom. The van der Waals surface area contributed by atoms with Gasteiger partial charge in [-0.3, -0.25) is 4.79 Å². The van der Waals surface area contributed by atoms with Gasteiger partial charge in [0.25, 0.3) is 0 Å². The lowest BCUT2D eigenvalue weighted by Crippen LogP contribution is -2.54. The summed E-state index contributed by atoms with van der Waals surface area (Å²) in [4.78, 5) is 26.8. The molecule has 1 amide bonds. The van der Waals surface area contributed by atoms with E-state index >= 15 is 0 Å². The first kappa shape index (κ1) is 33.1. The molecule has 0 spiro atoms. The van der Waals surface area contributed by atoms with E-state index in [1.807, 2.05) is 92.7 Å². The standard InChI is InChI=1S/C33H40BrN3O4S/c1-22(2)19-28(37-32(42)35-26-15-13-25(34)14-16-26)30(38)36-29(31(39)41-33(3,4)5)20-23-11-17-27(18-12-23)40-21-24-9-7-6-8-10-24/h6-18,22,28-29H,19-21H2,1-5H3,(H,36,38)(H2,35,37,42)/t28-,29-/m0/s1. The molecule has 0 heterocycles. The van der Waals surface area contributed by atoms with Crippen LogP contribution in [0.4, 0.5) is 5.69 Å². The maximum absolute atomic E-state index is 13.6. The molecule has 42 heavy (non-hydrogen) atoms. The topological polar surface area (TPSA) is 88.7 Å². The number of carbonyl (C=O) groups is 2. The van der Waals surface area contributed by atoms with Gasteiger partial charge in [-0.25, -0.2) is 4.79 Å². The lowest BCUT2D eigenvalue weighted by atomic mass is 10.0. The predicted molar refractivity (Wildman–Crippen MR) is 175 cm³/mol. The zero-order chi connectivity index (χ0) is 30.7. The van der Waals surface area contributed by atoms with Crippen molar-refractivity contribution in [1.82, 2.24) is 10.6 Å². The summed E-state index contributed by atoms with van der Waals surface area (Å²) in [5.41, 5.74) is 2.02. The summed E-state index contributed by atoms with van der Waals surface area (Å²) in [5.74, 6) is 0.0852. The smallest absolute Gasteiger partial charge is 0.329 e. The van der Waals surface area contributed by atoms with Gasteiger partial charge in [0.15, 0.2) is 5.11 Å². The number of hydrogen-bond acceptors (Lipinski definition) is 5. The molecule has 0 saturated carbocycles. The Labute approximate surface area is 262 Å². The van der Waals surface area contributed by atoms with Crippen LogP contribution >= 0.6 is 28.1 Å². The molecule has 0 aliphatic rings. The molecule has 3 rings (SSSR count). The van der Waals surface area contributed by atoms with Gasteiger partial charge in [0.2, 0.25) is 5.91 Å². The molecule has 224 valence electrons. The van der Waals surface area contributed by atoms with Gasteiger partial charge in [0.1, 0.15) is 30.0 Å². The van der Waals surface area contributed by atoms with Crippen molar-refractivity contribution in [3.63, 3.8) is 0 Å². The third-order valence-electron chi connectivity index (χ3n) is 6.05. The number of thiocarbonyl (C=S) groups is 1. The van der Waals surface area contributed by atoms with Crippen molar-refractivity contribution < 1.29 is 19.1 Å². The second-order valence-electron chi connectivity index (χ2n) is 11.5. The highest BCUT2D eigenvalue weighted by molar-refractivity contribution is 9.10. The van der Waals surface area contributed by atoms with E-state index in [-0.39, 0.29) is 18.2 Å². The van der Waals surface area contributed by atoms with Crippen LogP contribution in [-0.4, -0.2) is 34.7 Å². The summed E-state index contributed by atoms with van der Waals surface area (Å²) in [6, 6.07) is 23.5. The van der Waals surface area contributed by atoms with Crippen molar-refractivity contribution in [3.05, 3.63) is 94.5 Å². The van der Waals surface area contributed by atoms with E-state index in [4.69, 9.17) is 21.7 Å². The van der Waals surface area contributed by atoms with Crippen LogP contribution in [0.2, 0.25) is 0 Å². The molecule has 3 N–H and O–H groups in total. The number of halogens is 1. The minimum Gasteiger partial charge on any atom is -0.489 e. The number of anilines is 1. The van der Waals surface area contributed by atoms with Crippen LogP contribution in [0.5, 0.6) is 5.75 Å². The Balaban J connectivity index is 1.70. The van der Waals surface area contributed by atoms with Crippen molar-refractivity contribution >= 4 is 50.8 Å². The second-order valence-corrected chi connectivity index (χ2v) is 12.8. The largest absolute Gasteiger partial charge is 0.489 e. The Hall–Kier alpha value is -3.43. The highest BCUT2D eigenvalue weighted by atomic mass is 79.9. The zero-order valence-corrected chi connectivity index (χ0v) is 27.2. The first-order valence-corrected chi connectivity index (χ1v) is 15.2. The number of amides is 1. The average Bonchev–Trinajstić information content (AvgIpc) is 2.92. The quantitative estimate of drug-likeness (QED) is 0.146. The van der Waals surface area contributed by atoms with Crippen molar-refractivity contribution in [2.45, 2.75) is 71.8 Å². The number of benzene rings is 3. The molecule has 0 bridgehead atoms. The molecule has 2 atom stereocenters. The predicted octanol–water partition coefficient (Wildman–Crippen LogP) is 6.80. The number of ether oxygens (including phenoxy) is 2. The minimum absolute atomic E-state index is 0.201. The molecule has 0 aliphatic carbocycles. The summed E-state index contributed by atoms with van der Waals surface area (Å²) < 4.78 is 12.5. The van der Waals surface area contributed by atoms with Gasteiger partial charge in [-0.15, -0.1) is 0 Å².